The second-order valence-corrected chi connectivity index (χ2v) is 8.20. The van der Waals surface area contributed by atoms with Crippen LogP contribution < -0.4 is 5.32 Å². The lowest BCUT2D eigenvalue weighted by Crippen LogP contribution is -2.28. The van der Waals surface area contributed by atoms with Crippen molar-refractivity contribution in [3.8, 4) is 0 Å². The number of hydrogen-bond acceptors (Lipinski definition) is 5. The molecule has 0 saturated carbocycles. The van der Waals surface area contributed by atoms with Gasteiger partial charge in [0, 0.05) is 36.5 Å². The third kappa shape index (κ3) is 4.60. The number of hydrogen-bond donors (Lipinski definition) is 1. The van der Waals surface area contributed by atoms with Crippen molar-refractivity contribution in [2.75, 3.05) is 5.32 Å². The van der Waals surface area contributed by atoms with Crippen molar-refractivity contribution >= 4 is 40.6 Å². The first kappa shape index (κ1) is 21.4. The largest absolute Gasteiger partial charge is 0.382 e. The summed E-state index contributed by atoms with van der Waals surface area (Å²) in [5.74, 6) is 0.160. The Hall–Kier alpha value is -2.84. The van der Waals surface area contributed by atoms with Crippen molar-refractivity contribution in [3.05, 3.63) is 63.0 Å². The molecule has 0 saturated heterocycles. The molecule has 1 N–H and O–H groups in total. The zero-order valence-corrected chi connectivity index (χ0v) is 18.9. The quantitative estimate of drug-likeness (QED) is 0.596. The van der Waals surface area contributed by atoms with Crippen molar-refractivity contribution < 1.29 is 9.63 Å². The lowest BCUT2D eigenvalue weighted by molar-refractivity contribution is -0.125. The third-order valence-corrected chi connectivity index (χ3v) is 5.83. The van der Waals surface area contributed by atoms with E-state index in [4.69, 9.17) is 28.0 Å². The minimum Gasteiger partial charge on any atom is -0.382 e. The minimum atomic E-state index is -0.708. The van der Waals surface area contributed by atoms with Crippen molar-refractivity contribution in [3.63, 3.8) is 0 Å². The van der Waals surface area contributed by atoms with E-state index in [1.54, 1.807) is 16.8 Å². The molecular weight excluding hydrogens is 439 g/mol. The summed E-state index contributed by atoms with van der Waals surface area (Å²) in [7, 11) is 0. The van der Waals surface area contributed by atoms with Crippen molar-refractivity contribution in [1.82, 2.24) is 19.6 Å². The van der Waals surface area contributed by atoms with Gasteiger partial charge in [-0.25, -0.2) is 0 Å². The molecule has 4 rings (SSSR count). The van der Waals surface area contributed by atoms with Gasteiger partial charge in [0.05, 0.1) is 28.0 Å². The number of benzene rings is 1. The number of aryl methyl sites for hydroxylation is 3. The Morgan fingerprint density at radius 3 is 2.74 bits per heavy atom. The van der Waals surface area contributed by atoms with Crippen LogP contribution in [0.3, 0.4) is 0 Å². The highest BCUT2D eigenvalue weighted by atomic mass is 35.5. The van der Waals surface area contributed by atoms with Crippen LogP contribution in [0.25, 0.3) is 0 Å². The number of anilines is 1. The Bertz CT molecular complexity index is 1170. The molecule has 1 amide bonds. The van der Waals surface area contributed by atoms with Crippen LogP contribution in [0.5, 0.6) is 0 Å². The van der Waals surface area contributed by atoms with Gasteiger partial charge in [-0.15, -0.1) is 0 Å². The van der Waals surface area contributed by atoms with E-state index >= 15 is 0 Å². The summed E-state index contributed by atoms with van der Waals surface area (Å²) in [6.45, 7) is 7.13. The average molecular weight is 461 g/mol. The zero-order chi connectivity index (χ0) is 22.1. The van der Waals surface area contributed by atoms with Crippen molar-refractivity contribution in [1.29, 1.82) is 0 Å². The zero-order valence-electron chi connectivity index (χ0n) is 17.4. The van der Waals surface area contributed by atoms with Crippen LogP contribution >= 0.6 is 23.2 Å². The summed E-state index contributed by atoms with van der Waals surface area (Å²) < 4.78 is 3.62. The van der Waals surface area contributed by atoms with Crippen LogP contribution in [0, 0.1) is 13.8 Å². The first-order valence-electron chi connectivity index (χ1n) is 9.90. The van der Waals surface area contributed by atoms with E-state index in [-0.39, 0.29) is 5.91 Å². The molecule has 0 aliphatic carbocycles. The van der Waals surface area contributed by atoms with E-state index < -0.39 is 6.10 Å². The molecule has 0 fully saturated rings. The Morgan fingerprint density at radius 2 is 2.03 bits per heavy atom. The molecule has 162 valence electrons. The lowest BCUT2D eigenvalue weighted by atomic mass is 10.1. The fraction of sp³-hybridized carbons (Fsp3) is 0.333. The van der Waals surface area contributed by atoms with E-state index in [0.717, 1.165) is 34.8 Å². The van der Waals surface area contributed by atoms with E-state index in [1.165, 1.54) is 0 Å². The van der Waals surface area contributed by atoms with Crippen LogP contribution in [0.1, 0.15) is 35.9 Å². The number of aromatic nitrogens is 4. The van der Waals surface area contributed by atoms with Gasteiger partial charge < -0.3 is 10.2 Å². The van der Waals surface area contributed by atoms with E-state index in [2.05, 4.69) is 20.7 Å². The van der Waals surface area contributed by atoms with Gasteiger partial charge in [-0.05, 0) is 38.5 Å². The Kier molecular flexibility index (Phi) is 6.02. The van der Waals surface area contributed by atoms with Gasteiger partial charge in [0.1, 0.15) is 0 Å². The molecule has 31 heavy (non-hydrogen) atoms. The molecule has 1 unspecified atom stereocenters. The monoisotopic (exact) mass is 460 g/mol. The van der Waals surface area contributed by atoms with Gasteiger partial charge in [-0.1, -0.05) is 34.4 Å². The number of nitrogens with zero attached hydrogens (tertiary/aromatic N) is 5. The number of oxime groups is 1. The molecule has 2 aromatic heterocycles. The van der Waals surface area contributed by atoms with Gasteiger partial charge >= 0.3 is 0 Å². The summed E-state index contributed by atoms with van der Waals surface area (Å²) in [6, 6.07) is 7.25. The standard InChI is InChI=1S/C21H22Cl2N6O2/c1-4-28-11-15(13(3)25-28)18-9-19(31-27-18)21(30)24-20-7-12(2)29(26-20)10-14-5-6-16(22)17(23)8-14/h5-8,11,19H,4,9-10H2,1-3H3,(H,24,26,30). The van der Waals surface area contributed by atoms with E-state index in [0.29, 0.717) is 28.8 Å². The van der Waals surface area contributed by atoms with Gasteiger partial charge in [-0.2, -0.15) is 10.2 Å². The molecule has 1 aliphatic rings. The maximum atomic E-state index is 12.7. The van der Waals surface area contributed by atoms with Gasteiger partial charge in [0.25, 0.3) is 5.91 Å². The molecule has 10 heteroatoms. The number of nitrogens with one attached hydrogen (secondary N) is 1. The molecule has 1 aromatic carbocycles. The molecular formula is C21H22Cl2N6O2. The molecule has 1 aliphatic heterocycles. The Labute approximate surface area is 189 Å². The normalized spacial score (nSPS) is 15.6. The van der Waals surface area contributed by atoms with Crippen LogP contribution in [0.15, 0.2) is 35.6 Å². The Balaban J connectivity index is 1.40. The number of halogens is 2. The van der Waals surface area contributed by atoms with Crippen LogP contribution in [-0.4, -0.2) is 37.3 Å². The molecule has 0 bridgehead atoms. The molecule has 0 spiro atoms. The first-order valence-corrected chi connectivity index (χ1v) is 10.7. The minimum absolute atomic E-state index is 0.293. The summed E-state index contributed by atoms with van der Waals surface area (Å²) in [4.78, 5) is 18.1. The van der Waals surface area contributed by atoms with Crippen LogP contribution in [0.2, 0.25) is 10.0 Å². The molecule has 3 heterocycles. The fourth-order valence-electron chi connectivity index (χ4n) is 3.39. The second-order valence-electron chi connectivity index (χ2n) is 7.39. The van der Waals surface area contributed by atoms with Crippen LogP contribution in [0.4, 0.5) is 5.82 Å². The fourth-order valence-corrected chi connectivity index (χ4v) is 3.71. The topological polar surface area (TPSA) is 86.3 Å². The maximum Gasteiger partial charge on any atom is 0.269 e. The summed E-state index contributed by atoms with van der Waals surface area (Å²) in [5, 5.41) is 16.8. The number of amides is 1. The van der Waals surface area contributed by atoms with E-state index in [1.807, 2.05) is 43.8 Å². The first-order chi connectivity index (χ1) is 14.8. The molecule has 1 atom stereocenters. The molecule has 0 radical (unpaired) electrons. The average Bonchev–Trinajstić information content (AvgIpc) is 3.44. The summed E-state index contributed by atoms with van der Waals surface area (Å²) >= 11 is 12.1. The predicted molar refractivity (Wildman–Crippen MR) is 120 cm³/mol. The number of rotatable bonds is 6. The van der Waals surface area contributed by atoms with E-state index in [9.17, 15) is 4.79 Å². The highest BCUT2D eigenvalue weighted by Gasteiger charge is 2.31. The van der Waals surface area contributed by atoms with Gasteiger partial charge in [0.2, 0.25) is 6.10 Å². The molecule has 3 aromatic rings. The van der Waals surface area contributed by atoms with Gasteiger partial charge in [-0.3, -0.25) is 14.2 Å². The molecule has 8 nitrogen and oxygen atoms in total. The second kappa shape index (κ2) is 8.72. The number of carbonyl (C=O) groups is 1. The van der Waals surface area contributed by atoms with Crippen LogP contribution in [-0.2, 0) is 22.7 Å². The Morgan fingerprint density at radius 1 is 1.23 bits per heavy atom. The predicted octanol–water partition coefficient (Wildman–Crippen LogP) is 4.20. The highest BCUT2D eigenvalue weighted by Crippen LogP contribution is 2.24. The third-order valence-electron chi connectivity index (χ3n) is 5.09. The lowest BCUT2D eigenvalue weighted by Gasteiger charge is -2.08. The summed E-state index contributed by atoms with van der Waals surface area (Å²) in [6.07, 6.45) is 1.59. The van der Waals surface area contributed by atoms with Gasteiger partial charge in [0.15, 0.2) is 5.82 Å². The van der Waals surface area contributed by atoms with Crippen molar-refractivity contribution in [2.45, 2.75) is 46.4 Å². The van der Waals surface area contributed by atoms with Crippen molar-refractivity contribution in [2.24, 2.45) is 5.16 Å². The SMILES string of the molecule is CCn1cc(C2=NOC(C(=O)Nc3cc(C)n(Cc4ccc(Cl)c(Cl)c4)n3)C2)c(C)n1. The maximum absolute atomic E-state index is 12.7. The highest BCUT2D eigenvalue weighted by molar-refractivity contribution is 6.42. The summed E-state index contributed by atoms with van der Waals surface area (Å²) in [5.41, 5.74) is 4.34. The number of carbonyl (C=O) groups excluding carboxylic acids is 1. The smallest absolute Gasteiger partial charge is 0.269 e.